The van der Waals surface area contributed by atoms with Crippen LogP contribution < -0.4 is 0 Å². The van der Waals surface area contributed by atoms with Crippen molar-refractivity contribution < 1.29 is 29.9 Å². The molecule has 0 spiro atoms. The number of hydrogen-bond acceptors (Lipinski definition) is 6. The molecule has 0 bridgehead atoms. The van der Waals surface area contributed by atoms with E-state index in [1.807, 2.05) is 0 Å². The second-order valence-electron chi connectivity index (χ2n) is 7.70. The van der Waals surface area contributed by atoms with Gasteiger partial charge in [-0.2, -0.15) is 0 Å². The Balaban J connectivity index is -0.000000550. The molecule has 0 amide bonds. The van der Waals surface area contributed by atoms with Crippen LogP contribution in [-0.2, 0) is 9.47 Å². The first-order chi connectivity index (χ1) is 15.3. The van der Waals surface area contributed by atoms with Crippen molar-refractivity contribution in [1.82, 2.24) is 0 Å². The van der Waals surface area contributed by atoms with E-state index in [0.717, 1.165) is 13.5 Å². The minimum atomic E-state index is 0.0417. The Labute approximate surface area is 193 Å². The number of aliphatic hydroxyl groups excluding tert-OH is 4. The fraction of sp³-hybridized carbons (Fsp3) is 1.00. The molecule has 6 heteroatoms. The summed E-state index contributed by atoms with van der Waals surface area (Å²) in [5, 5.41) is 32.2. The molecule has 0 heterocycles. The Hall–Kier alpha value is -0.240. The molecule has 0 atom stereocenters. The van der Waals surface area contributed by atoms with E-state index in [4.69, 9.17) is 29.9 Å². The summed E-state index contributed by atoms with van der Waals surface area (Å²) < 4.78 is 9.75. The van der Waals surface area contributed by atoms with Crippen LogP contribution in [0.5, 0.6) is 0 Å². The topological polar surface area (TPSA) is 99.4 Å². The third-order valence-electron chi connectivity index (χ3n) is 4.85. The number of unbranched alkanes of at least 4 members (excludes halogenated alkanes) is 15. The van der Waals surface area contributed by atoms with Crippen LogP contribution in [0.2, 0.25) is 0 Å². The minimum Gasteiger partial charge on any atom is -0.400 e. The summed E-state index contributed by atoms with van der Waals surface area (Å²) in [5.74, 6) is 0. The summed E-state index contributed by atoms with van der Waals surface area (Å²) in [5.41, 5.74) is 0. The zero-order valence-electron chi connectivity index (χ0n) is 20.9. The molecule has 6 nitrogen and oxygen atoms in total. The maximum atomic E-state index is 8.67. The van der Waals surface area contributed by atoms with Crippen LogP contribution >= 0.6 is 0 Å². The molecule has 0 rings (SSSR count). The van der Waals surface area contributed by atoms with Crippen molar-refractivity contribution in [3.05, 3.63) is 0 Å². The van der Waals surface area contributed by atoms with Crippen molar-refractivity contribution in [1.29, 1.82) is 0 Å². The molecule has 31 heavy (non-hydrogen) atoms. The fourth-order valence-electron chi connectivity index (χ4n) is 3.11. The van der Waals surface area contributed by atoms with E-state index in [2.05, 4.69) is 6.92 Å². The third-order valence-corrected chi connectivity index (χ3v) is 4.85. The van der Waals surface area contributed by atoms with Crippen LogP contribution in [0.1, 0.15) is 110 Å². The lowest BCUT2D eigenvalue weighted by atomic mass is 10.0. The van der Waals surface area contributed by atoms with Crippen LogP contribution in [-0.4, -0.2) is 73.8 Å². The van der Waals surface area contributed by atoms with Crippen LogP contribution in [0, 0.1) is 0 Å². The van der Waals surface area contributed by atoms with Gasteiger partial charge in [0.2, 0.25) is 0 Å². The Morgan fingerprint density at radius 1 is 0.387 bits per heavy atom. The summed E-state index contributed by atoms with van der Waals surface area (Å²) >= 11 is 0. The van der Waals surface area contributed by atoms with Gasteiger partial charge in [0.1, 0.15) is 0 Å². The van der Waals surface area contributed by atoms with E-state index in [0.29, 0.717) is 33.0 Å². The molecule has 4 N–H and O–H groups in total. The highest BCUT2D eigenvalue weighted by Gasteiger charge is 1.94. The lowest BCUT2D eigenvalue weighted by Crippen LogP contribution is -2.09. The fourth-order valence-corrected chi connectivity index (χ4v) is 3.11. The third kappa shape index (κ3) is 44.3. The molecule has 0 fully saturated rings. The predicted molar refractivity (Wildman–Crippen MR) is 131 cm³/mol. The number of ether oxygens (including phenoxy) is 2. The largest absolute Gasteiger partial charge is 0.400 e. The number of hydrogen-bond donors (Lipinski definition) is 4. The first-order valence-electron chi connectivity index (χ1n) is 12.8. The lowest BCUT2D eigenvalue weighted by molar-refractivity contribution is 0.0222. The van der Waals surface area contributed by atoms with Gasteiger partial charge in [-0.1, -0.05) is 103 Å². The van der Waals surface area contributed by atoms with Gasteiger partial charge in [0, 0.05) is 13.7 Å². The Morgan fingerprint density at radius 2 is 0.677 bits per heavy atom. The Kier molecular flexibility index (Phi) is 45.8. The zero-order chi connectivity index (χ0) is 23.7. The second-order valence-corrected chi connectivity index (χ2v) is 7.70. The van der Waals surface area contributed by atoms with E-state index in [1.54, 1.807) is 0 Å². The summed E-state index contributed by atoms with van der Waals surface area (Å²) in [6, 6.07) is 0. The molecule has 0 aliphatic carbocycles. The molecule has 0 aliphatic rings. The SMILES string of the molecule is CCCCCCCCCCCCCCCCCCO.CO.OCCOCCOCCO. The van der Waals surface area contributed by atoms with Gasteiger partial charge in [0.15, 0.2) is 0 Å². The molecule has 0 aromatic carbocycles. The zero-order valence-corrected chi connectivity index (χ0v) is 20.9. The van der Waals surface area contributed by atoms with Gasteiger partial charge in [-0.15, -0.1) is 0 Å². The average Bonchev–Trinajstić information content (AvgIpc) is 2.80. The van der Waals surface area contributed by atoms with Crippen molar-refractivity contribution in [2.45, 2.75) is 110 Å². The first kappa shape index (κ1) is 35.4. The Bertz CT molecular complexity index is 230. The van der Waals surface area contributed by atoms with Gasteiger partial charge < -0.3 is 29.9 Å². The van der Waals surface area contributed by atoms with Crippen LogP contribution in [0.15, 0.2) is 0 Å². The van der Waals surface area contributed by atoms with Gasteiger partial charge in [-0.25, -0.2) is 0 Å². The highest BCUT2D eigenvalue weighted by atomic mass is 16.5. The molecular weight excluding hydrogens is 396 g/mol. The number of rotatable bonds is 23. The minimum absolute atomic E-state index is 0.0417. The molecular formula is C25H56O6. The molecule has 0 radical (unpaired) electrons. The maximum Gasteiger partial charge on any atom is 0.0701 e. The number of aliphatic hydroxyl groups is 4. The van der Waals surface area contributed by atoms with Crippen molar-refractivity contribution >= 4 is 0 Å². The van der Waals surface area contributed by atoms with Crippen molar-refractivity contribution in [3.63, 3.8) is 0 Å². The highest BCUT2D eigenvalue weighted by molar-refractivity contribution is 4.49. The molecule has 192 valence electrons. The molecule has 0 aromatic rings. The van der Waals surface area contributed by atoms with Gasteiger partial charge in [-0.05, 0) is 6.42 Å². The van der Waals surface area contributed by atoms with Gasteiger partial charge in [0.25, 0.3) is 0 Å². The summed E-state index contributed by atoms with van der Waals surface area (Å²) in [6.07, 6.45) is 22.2. The van der Waals surface area contributed by atoms with Gasteiger partial charge in [-0.3, -0.25) is 0 Å². The van der Waals surface area contributed by atoms with E-state index >= 15 is 0 Å². The van der Waals surface area contributed by atoms with Crippen LogP contribution in [0.4, 0.5) is 0 Å². The van der Waals surface area contributed by atoms with E-state index in [9.17, 15) is 0 Å². The standard InChI is InChI=1S/C18H38O.C6H14O4.CH4O/c1-2-3-4-5-6-7-8-9-10-11-12-13-14-15-16-17-18-19;7-1-3-9-5-6-10-4-2-8;1-2/h19H,2-18H2,1H3;7-8H,1-6H2;2H,1H3. The first-order valence-corrected chi connectivity index (χ1v) is 12.8. The monoisotopic (exact) mass is 452 g/mol. The molecule has 0 unspecified atom stereocenters. The van der Waals surface area contributed by atoms with Crippen molar-refractivity contribution in [3.8, 4) is 0 Å². The summed E-state index contributed by atoms with van der Waals surface area (Å²) in [7, 11) is 1.00. The molecule has 0 aliphatic heterocycles. The smallest absolute Gasteiger partial charge is 0.0701 e. The highest BCUT2D eigenvalue weighted by Crippen LogP contribution is 2.13. The predicted octanol–water partition coefficient (Wildman–Crippen LogP) is 4.85. The molecule has 0 aromatic heterocycles. The quantitative estimate of drug-likeness (QED) is 0.165. The van der Waals surface area contributed by atoms with Gasteiger partial charge >= 0.3 is 0 Å². The molecule has 0 saturated carbocycles. The molecule has 0 saturated heterocycles. The van der Waals surface area contributed by atoms with Gasteiger partial charge in [0.05, 0.1) is 39.6 Å². The van der Waals surface area contributed by atoms with E-state index in [1.165, 1.54) is 96.3 Å². The van der Waals surface area contributed by atoms with E-state index < -0.39 is 0 Å². The van der Waals surface area contributed by atoms with E-state index in [-0.39, 0.29) is 13.2 Å². The summed E-state index contributed by atoms with van der Waals surface area (Å²) in [4.78, 5) is 0. The van der Waals surface area contributed by atoms with Crippen molar-refractivity contribution in [2.75, 3.05) is 53.4 Å². The lowest BCUT2D eigenvalue weighted by Gasteiger charge is -2.03. The average molecular weight is 453 g/mol. The normalized spacial score (nSPS) is 10.3. The second kappa shape index (κ2) is 40.2. The maximum absolute atomic E-state index is 8.67. The van der Waals surface area contributed by atoms with Crippen LogP contribution in [0.25, 0.3) is 0 Å². The van der Waals surface area contributed by atoms with Crippen LogP contribution in [0.3, 0.4) is 0 Å². The Morgan fingerprint density at radius 3 is 0.935 bits per heavy atom. The van der Waals surface area contributed by atoms with Crippen molar-refractivity contribution in [2.24, 2.45) is 0 Å². The summed E-state index contributed by atoms with van der Waals surface area (Å²) in [6.45, 7) is 4.39.